The van der Waals surface area contributed by atoms with E-state index in [-0.39, 0.29) is 18.4 Å². The number of rotatable bonds is 5. The third kappa shape index (κ3) is 3.70. The van der Waals surface area contributed by atoms with Crippen molar-refractivity contribution >= 4 is 22.7 Å². The number of aromatic nitrogens is 1. The van der Waals surface area contributed by atoms with Crippen LogP contribution in [0.3, 0.4) is 0 Å². The maximum atomic E-state index is 12.6. The lowest BCUT2D eigenvalue weighted by atomic mass is 10.1. The zero-order valence-electron chi connectivity index (χ0n) is 13.5. The molecule has 1 aromatic heterocycles. The second-order valence-electron chi connectivity index (χ2n) is 5.51. The largest absolute Gasteiger partial charge is 0.351 e. The molecule has 0 aliphatic rings. The van der Waals surface area contributed by atoms with Gasteiger partial charge >= 0.3 is 0 Å². The fourth-order valence-electron chi connectivity index (χ4n) is 2.59. The van der Waals surface area contributed by atoms with Crippen LogP contribution in [-0.2, 0) is 4.79 Å². The number of amides is 2. The first kappa shape index (κ1) is 16.3. The molecule has 0 aliphatic carbocycles. The van der Waals surface area contributed by atoms with Gasteiger partial charge in [0.25, 0.3) is 5.91 Å². The van der Waals surface area contributed by atoms with Gasteiger partial charge in [-0.3, -0.25) is 9.59 Å². The quantitative estimate of drug-likeness (QED) is 0.628. The van der Waals surface area contributed by atoms with Crippen molar-refractivity contribution in [3.63, 3.8) is 0 Å². The molecule has 2 amide bonds. The molecule has 124 valence electrons. The minimum Gasteiger partial charge on any atom is -0.351 e. The number of aromatic amines is 1. The van der Waals surface area contributed by atoms with Crippen LogP contribution < -0.4 is 10.6 Å². The summed E-state index contributed by atoms with van der Waals surface area (Å²) in [5.41, 5.74) is 1.94. The van der Waals surface area contributed by atoms with Crippen molar-refractivity contribution in [2.24, 2.45) is 0 Å². The van der Waals surface area contributed by atoms with E-state index in [4.69, 9.17) is 6.42 Å². The van der Waals surface area contributed by atoms with E-state index in [1.165, 1.54) is 0 Å². The number of H-pyrrole nitrogens is 1. The summed E-state index contributed by atoms with van der Waals surface area (Å²) in [6.07, 6.45) is 5.19. The van der Waals surface area contributed by atoms with Crippen molar-refractivity contribution in [3.8, 4) is 12.3 Å². The van der Waals surface area contributed by atoms with Crippen molar-refractivity contribution in [1.82, 2.24) is 15.6 Å². The molecule has 1 unspecified atom stereocenters. The molecule has 3 N–H and O–H groups in total. The van der Waals surface area contributed by atoms with Crippen LogP contribution in [-0.4, -0.2) is 23.3 Å². The van der Waals surface area contributed by atoms with E-state index in [1.54, 1.807) is 18.2 Å². The summed E-state index contributed by atoms with van der Waals surface area (Å²) in [4.78, 5) is 28.1. The Morgan fingerprint density at radius 2 is 1.80 bits per heavy atom. The van der Waals surface area contributed by atoms with Crippen molar-refractivity contribution in [1.29, 1.82) is 0 Å². The molecular weight excluding hydrogens is 314 g/mol. The topological polar surface area (TPSA) is 74.0 Å². The lowest BCUT2D eigenvalue weighted by Gasteiger charge is -2.18. The molecule has 0 saturated heterocycles. The van der Waals surface area contributed by atoms with Crippen LogP contribution in [0.2, 0.25) is 0 Å². The van der Waals surface area contributed by atoms with Crippen molar-refractivity contribution in [2.75, 3.05) is 6.54 Å². The van der Waals surface area contributed by atoms with E-state index in [2.05, 4.69) is 21.5 Å². The third-order valence-corrected chi connectivity index (χ3v) is 3.81. The number of benzene rings is 2. The minimum absolute atomic E-state index is 0.102. The minimum atomic E-state index is -0.825. The van der Waals surface area contributed by atoms with Gasteiger partial charge in [-0.25, -0.2) is 0 Å². The summed E-state index contributed by atoms with van der Waals surface area (Å²) in [6, 6.07) is 17.6. The molecule has 2 aromatic carbocycles. The maximum Gasteiger partial charge on any atom is 0.268 e. The Labute approximate surface area is 145 Å². The van der Waals surface area contributed by atoms with Gasteiger partial charge in [0.1, 0.15) is 11.7 Å². The molecule has 5 nitrogen and oxygen atoms in total. The molecule has 5 heteroatoms. The van der Waals surface area contributed by atoms with Crippen molar-refractivity contribution in [2.45, 2.75) is 6.04 Å². The van der Waals surface area contributed by atoms with Crippen LogP contribution in [0.1, 0.15) is 22.1 Å². The molecule has 25 heavy (non-hydrogen) atoms. The highest BCUT2D eigenvalue weighted by molar-refractivity contribution is 6.00. The fraction of sp³-hybridized carbons (Fsp3) is 0.100. The zero-order valence-corrected chi connectivity index (χ0v) is 13.5. The highest BCUT2D eigenvalue weighted by Crippen LogP contribution is 2.17. The predicted octanol–water partition coefficient (Wildman–Crippen LogP) is 2.39. The summed E-state index contributed by atoms with van der Waals surface area (Å²) in [6.45, 7) is 0.102. The fourth-order valence-corrected chi connectivity index (χ4v) is 2.59. The Bertz CT molecular complexity index is 905. The van der Waals surface area contributed by atoms with E-state index in [1.807, 2.05) is 42.5 Å². The SMILES string of the molecule is C#CCNC(=O)C(NC(=O)c1cc2ccccc2[nH]1)c1ccccc1. The Balaban J connectivity index is 1.85. The van der Waals surface area contributed by atoms with Crippen LogP contribution in [0.25, 0.3) is 10.9 Å². The third-order valence-electron chi connectivity index (χ3n) is 3.81. The summed E-state index contributed by atoms with van der Waals surface area (Å²) in [5.74, 6) is 1.64. The molecule has 1 heterocycles. The molecule has 0 radical (unpaired) electrons. The van der Waals surface area contributed by atoms with E-state index >= 15 is 0 Å². The second-order valence-corrected chi connectivity index (χ2v) is 5.51. The average Bonchev–Trinajstić information content (AvgIpc) is 3.09. The zero-order chi connectivity index (χ0) is 17.6. The Morgan fingerprint density at radius 3 is 2.52 bits per heavy atom. The summed E-state index contributed by atoms with van der Waals surface area (Å²) < 4.78 is 0. The lowest BCUT2D eigenvalue weighted by Crippen LogP contribution is -2.40. The normalized spacial score (nSPS) is 11.5. The van der Waals surface area contributed by atoms with Crippen molar-refractivity contribution in [3.05, 3.63) is 71.9 Å². The maximum absolute atomic E-state index is 12.6. The van der Waals surface area contributed by atoms with Gasteiger partial charge in [-0.1, -0.05) is 54.5 Å². The van der Waals surface area contributed by atoms with Crippen molar-refractivity contribution < 1.29 is 9.59 Å². The van der Waals surface area contributed by atoms with Gasteiger partial charge in [-0.2, -0.15) is 0 Å². The van der Waals surface area contributed by atoms with Gasteiger partial charge in [0.05, 0.1) is 6.54 Å². The van der Waals surface area contributed by atoms with Gasteiger partial charge in [0, 0.05) is 10.9 Å². The molecule has 3 rings (SSSR count). The summed E-state index contributed by atoms with van der Waals surface area (Å²) >= 11 is 0. The molecule has 3 aromatic rings. The van der Waals surface area contributed by atoms with Gasteiger partial charge in [-0.15, -0.1) is 6.42 Å². The van der Waals surface area contributed by atoms with Gasteiger partial charge in [0.2, 0.25) is 5.91 Å². The molecule has 0 bridgehead atoms. The van der Waals surface area contributed by atoms with Crippen LogP contribution in [0.15, 0.2) is 60.7 Å². The number of nitrogens with one attached hydrogen (secondary N) is 3. The van der Waals surface area contributed by atoms with E-state index in [9.17, 15) is 9.59 Å². The standard InChI is InChI=1S/C20H17N3O2/c1-2-12-21-20(25)18(14-8-4-3-5-9-14)23-19(24)17-13-15-10-6-7-11-16(15)22-17/h1,3-11,13,18,22H,12H2,(H,21,25)(H,23,24). The van der Waals surface area contributed by atoms with E-state index in [0.29, 0.717) is 11.3 Å². The number of hydrogen-bond donors (Lipinski definition) is 3. The summed E-state index contributed by atoms with van der Waals surface area (Å²) in [5, 5.41) is 6.31. The van der Waals surface area contributed by atoms with Crippen LogP contribution in [0.5, 0.6) is 0 Å². The molecule has 0 aliphatic heterocycles. The van der Waals surface area contributed by atoms with Gasteiger partial charge < -0.3 is 15.6 Å². The van der Waals surface area contributed by atoms with Crippen LogP contribution >= 0.6 is 0 Å². The van der Waals surface area contributed by atoms with Crippen LogP contribution in [0, 0.1) is 12.3 Å². The first-order valence-corrected chi connectivity index (χ1v) is 7.84. The highest BCUT2D eigenvalue weighted by atomic mass is 16.2. The van der Waals surface area contributed by atoms with E-state index in [0.717, 1.165) is 10.9 Å². The first-order valence-electron chi connectivity index (χ1n) is 7.84. The molecule has 0 saturated carbocycles. The number of hydrogen-bond acceptors (Lipinski definition) is 2. The monoisotopic (exact) mass is 331 g/mol. The van der Waals surface area contributed by atoms with E-state index < -0.39 is 6.04 Å². The average molecular weight is 331 g/mol. The Morgan fingerprint density at radius 1 is 1.08 bits per heavy atom. The van der Waals surface area contributed by atoms with Crippen LogP contribution in [0.4, 0.5) is 0 Å². The number of carbonyl (C=O) groups is 2. The first-order chi connectivity index (χ1) is 12.2. The number of carbonyl (C=O) groups excluding carboxylic acids is 2. The Kier molecular flexibility index (Phi) is 4.82. The summed E-state index contributed by atoms with van der Waals surface area (Å²) in [7, 11) is 0. The number of fused-ring (bicyclic) bond motifs is 1. The Hall–Kier alpha value is -3.52. The molecule has 0 spiro atoms. The molecular formula is C20H17N3O2. The lowest BCUT2D eigenvalue weighted by molar-refractivity contribution is -0.122. The highest BCUT2D eigenvalue weighted by Gasteiger charge is 2.23. The molecule has 1 atom stereocenters. The molecule has 0 fully saturated rings. The second kappa shape index (κ2) is 7.37. The van der Waals surface area contributed by atoms with Gasteiger partial charge in [-0.05, 0) is 17.7 Å². The van der Waals surface area contributed by atoms with Gasteiger partial charge in [0.15, 0.2) is 0 Å². The number of para-hydroxylation sites is 1. The smallest absolute Gasteiger partial charge is 0.268 e. The predicted molar refractivity (Wildman–Crippen MR) is 96.8 cm³/mol. The number of terminal acetylenes is 1.